The molecule has 116 valence electrons. The second-order valence-electron chi connectivity index (χ2n) is 4.75. The highest BCUT2D eigenvalue weighted by Crippen LogP contribution is 2.19. The predicted molar refractivity (Wildman–Crippen MR) is 84.0 cm³/mol. The van der Waals surface area contributed by atoms with Crippen molar-refractivity contribution in [3.05, 3.63) is 71.1 Å². The smallest absolute Gasteiger partial charge is 0.163 e. The molecule has 0 spiro atoms. The third kappa shape index (κ3) is 3.78. The van der Waals surface area contributed by atoms with E-state index in [-0.39, 0.29) is 6.54 Å². The summed E-state index contributed by atoms with van der Waals surface area (Å²) in [5.74, 6) is -0.252. The summed E-state index contributed by atoms with van der Waals surface area (Å²) in [6, 6.07) is 6.81. The summed E-state index contributed by atoms with van der Waals surface area (Å²) in [5.41, 5.74) is 1.02. The SMILES string of the molecule is Fc1ccc(CNc2ccnc(-c3cncc(Cl)c3)n2)c(F)c1. The van der Waals surface area contributed by atoms with Crippen molar-refractivity contribution in [2.75, 3.05) is 5.32 Å². The largest absolute Gasteiger partial charge is 0.366 e. The van der Waals surface area contributed by atoms with Gasteiger partial charge in [0.05, 0.1) is 5.02 Å². The van der Waals surface area contributed by atoms with E-state index in [1.807, 2.05) is 0 Å². The Hall–Kier alpha value is -2.60. The fourth-order valence-electron chi connectivity index (χ4n) is 1.98. The number of nitrogens with one attached hydrogen (secondary N) is 1. The van der Waals surface area contributed by atoms with Crippen LogP contribution in [0.25, 0.3) is 11.4 Å². The minimum atomic E-state index is -0.607. The first kappa shape index (κ1) is 15.3. The standard InChI is InChI=1S/C16H11ClF2N4/c17-12-5-11(7-20-9-12)16-21-4-3-15(23-16)22-8-10-1-2-13(18)6-14(10)19/h1-7,9H,8H2,(H,21,22,23). The van der Waals surface area contributed by atoms with Crippen LogP contribution in [-0.4, -0.2) is 15.0 Å². The molecular formula is C16H11ClF2N4. The number of rotatable bonds is 4. The van der Waals surface area contributed by atoms with Crippen LogP contribution in [0.4, 0.5) is 14.6 Å². The molecule has 0 saturated heterocycles. The monoisotopic (exact) mass is 332 g/mol. The van der Waals surface area contributed by atoms with Gasteiger partial charge in [-0.25, -0.2) is 18.7 Å². The van der Waals surface area contributed by atoms with Gasteiger partial charge >= 0.3 is 0 Å². The van der Waals surface area contributed by atoms with Crippen molar-refractivity contribution in [2.45, 2.75) is 6.54 Å². The fourth-order valence-corrected chi connectivity index (χ4v) is 2.16. The molecule has 4 nitrogen and oxygen atoms in total. The van der Waals surface area contributed by atoms with Crippen LogP contribution in [0.2, 0.25) is 5.02 Å². The van der Waals surface area contributed by atoms with Gasteiger partial charge in [-0.1, -0.05) is 17.7 Å². The Morgan fingerprint density at radius 3 is 2.74 bits per heavy atom. The fraction of sp³-hybridized carbons (Fsp3) is 0.0625. The molecule has 1 aromatic carbocycles. The lowest BCUT2D eigenvalue weighted by atomic mass is 10.2. The normalized spacial score (nSPS) is 10.6. The summed E-state index contributed by atoms with van der Waals surface area (Å²) >= 11 is 5.90. The lowest BCUT2D eigenvalue weighted by Gasteiger charge is -2.08. The number of halogens is 3. The third-order valence-electron chi connectivity index (χ3n) is 3.09. The van der Waals surface area contributed by atoms with E-state index < -0.39 is 11.6 Å². The molecule has 7 heteroatoms. The van der Waals surface area contributed by atoms with Crippen LogP contribution in [0.3, 0.4) is 0 Å². The maximum atomic E-state index is 13.6. The maximum Gasteiger partial charge on any atom is 0.163 e. The molecule has 0 bridgehead atoms. The minimum Gasteiger partial charge on any atom is -0.366 e. The molecule has 23 heavy (non-hydrogen) atoms. The molecule has 0 amide bonds. The summed E-state index contributed by atoms with van der Waals surface area (Å²) in [6.07, 6.45) is 4.70. The molecule has 0 fully saturated rings. The van der Waals surface area contributed by atoms with Gasteiger partial charge in [-0.05, 0) is 18.2 Å². The van der Waals surface area contributed by atoms with Gasteiger partial charge in [0.15, 0.2) is 5.82 Å². The molecule has 0 radical (unpaired) electrons. The van der Waals surface area contributed by atoms with E-state index in [1.165, 1.54) is 18.3 Å². The van der Waals surface area contributed by atoms with Gasteiger partial charge in [0.2, 0.25) is 0 Å². The molecule has 3 aromatic rings. The Morgan fingerprint density at radius 1 is 1.09 bits per heavy atom. The van der Waals surface area contributed by atoms with Crippen molar-refractivity contribution >= 4 is 17.4 Å². The second-order valence-corrected chi connectivity index (χ2v) is 5.18. The number of aromatic nitrogens is 3. The van der Waals surface area contributed by atoms with Gasteiger partial charge in [-0.15, -0.1) is 0 Å². The lowest BCUT2D eigenvalue weighted by Crippen LogP contribution is -2.04. The Labute approximate surface area is 136 Å². The van der Waals surface area contributed by atoms with E-state index in [0.717, 1.165) is 6.07 Å². The van der Waals surface area contributed by atoms with Crippen LogP contribution in [0.5, 0.6) is 0 Å². The van der Waals surface area contributed by atoms with E-state index in [4.69, 9.17) is 11.6 Å². The van der Waals surface area contributed by atoms with Gasteiger partial charge in [0.25, 0.3) is 0 Å². The van der Waals surface area contributed by atoms with Crippen LogP contribution in [0.15, 0.2) is 48.9 Å². The zero-order valence-electron chi connectivity index (χ0n) is 11.8. The second kappa shape index (κ2) is 6.66. The zero-order valence-corrected chi connectivity index (χ0v) is 12.6. The first-order chi connectivity index (χ1) is 11.1. The van der Waals surface area contributed by atoms with Crippen LogP contribution < -0.4 is 5.32 Å². The molecule has 0 unspecified atom stereocenters. The summed E-state index contributed by atoms with van der Waals surface area (Å²) in [5, 5.41) is 3.46. The maximum absolute atomic E-state index is 13.6. The molecular weight excluding hydrogens is 322 g/mol. The van der Waals surface area contributed by atoms with Crippen molar-refractivity contribution in [2.24, 2.45) is 0 Å². The number of nitrogens with zero attached hydrogens (tertiary/aromatic N) is 3. The van der Waals surface area contributed by atoms with Gasteiger partial charge in [-0.2, -0.15) is 0 Å². The van der Waals surface area contributed by atoms with E-state index in [0.29, 0.717) is 27.8 Å². The first-order valence-corrected chi connectivity index (χ1v) is 7.11. The number of pyridine rings is 1. The predicted octanol–water partition coefficient (Wildman–Crippen LogP) is 4.08. The van der Waals surface area contributed by atoms with E-state index in [2.05, 4.69) is 20.3 Å². The summed E-state index contributed by atoms with van der Waals surface area (Å²) in [7, 11) is 0. The van der Waals surface area contributed by atoms with Crippen molar-refractivity contribution < 1.29 is 8.78 Å². The number of anilines is 1. The van der Waals surface area contributed by atoms with Gasteiger partial charge < -0.3 is 5.32 Å². The van der Waals surface area contributed by atoms with E-state index in [1.54, 1.807) is 24.5 Å². The van der Waals surface area contributed by atoms with Crippen molar-refractivity contribution in [1.29, 1.82) is 0 Å². The lowest BCUT2D eigenvalue weighted by molar-refractivity contribution is 0.574. The Kier molecular flexibility index (Phi) is 4.43. The first-order valence-electron chi connectivity index (χ1n) is 6.73. The third-order valence-corrected chi connectivity index (χ3v) is 3.30. The minimum absolute atomic E-state index is 0.177. The topological polar surface area (TPSA) is 50.7 Å². The molecule has 1 N–H and O–H groups in total. The zero-order chi connectivity index (χ0) is 16.2. The van der Waals surface area contributed by atoms with Gasteiger partial charge in [0.1, 0.15) is 17.5 Å². The van der Waals surface area contributed by atoms with Crippen LogP contribution >= 0.6 is 11.6 Å². The molecule has 0 aliphatic rings. The summed E-state index contributed by atoms with van der Waals surface area (Å²) in [6.45, 7) is 0.177. The average molecular weight is 333 g/mol. The molecule has 0 atom stereocenters. The highest BCUT2D eigenvalue weighted by atomic mass is 35.5. The van der Waals surface area contributed by atoms with Crippen molar-refractivity contribution in [1.82, 2.24) is 15.0 Å². The quantitative estimate of drug-likeness (QED) is 0.782. The molecule has 0 aliphatic carbocycles. The number of benzene rings is 1. The molecule has 2 aromatic heterocycles. The van der Waals surface area contributed by atoms with Gasteiger partial charge in [0, 0.05) is 42.3 Å². The molecule has 2 heterocycles. The Bertz CT molecular complexity index is 842. The van der Waals surface area contributed by atoms with Gasteiger partial charge in [-0.3, -0.25) is 4.98 Å². The molecule has 0 saturated carbocycles. The van der Waals surface area contributed by atoms with Crippen LogP contribution in [0, 0.1) is 11.6 Å². The Balaban J connectivity index is 1.78. The Morgan fingerprint density at radius 2 is 1.96 bits per heavy atom. The highest BCUT2D eigenvalue weighted by molar-refractivity contribution is 6.30. The van der Waals surface area contributed by atoms with Crippen molar-refractivity contribution in [3.8, 4) is 11.4 Å². The van der Waals surface area contributed by atoms with Crippen LogP contribution in [-0.2, 0) is 6.54 Å². The van der Waals surface area contributed by atoms with E-state index in [9.17, 15) is 8.78 Å². The number of hydrogen-bond donors (Lipinski definition) is 1. The highest BCUT2D eigenvalue weighted by Gasteiger charge is 2.06. The van der Waals surface area contributed by atoms with Crippen molar-refractivity contribution in [3.63, 3.8) is 0 Å². The number of hydrogen-bond acceptors (Lipinski definition) is 4. The van der Waals surface area contributed by atoms with Crippen LogP contribution in [0.1, 0.15) is 5.56 Å². The summed E-state index contributed by atoms with van der Waals surface area (Å²) in [4.78, 5) is 12.5. The molecule has 0 aliphatic heterocycles. The average Bonchev–Trinajstić information content (AvgIpc) is 2.54. The summed E-state index contributed by atoms with van der Waals surface area (Å²) < 4.78 is 26.5. The van der Waals surface area contributed by atoms with E-state index >= 15 is 0 Å². The molecule has 3 rings (SSSR count).